The third kappa shape index (κ3) is 4.94. The van der Waals surface area contributed by atoms with Gasteiger partial charge in [-0.15, -0.1) is 5.10 Å². The molecule has 220 valence electrons. The van der Waals surface area contributed by atoms with Crippen molar-refractivity contribution in [1.82, 2.24) is 39.8 Å². The Hall–Kier alpha value is -5.27. The molecule has 3 aromatic heterocycles. The lowest BCUT2D eigenvalue weighted by atomic mass is 10.1. The van der Waals surface area contributed by atoms with Crippen LogP contribution in [0.2, 0.25) is 0 Å². The Bertz CT molecular complexity index is 1910. The van der Waals surface area contributed by atoms with E-state index in [9.17, 15) is 9.18 Å². The molecule has 1 saturated heterocycles. The van der Waals surface area contributed by atoms with E-state index < -0.39 is 11.6 Å². The Kier molecular flexibility index (Phi) is 7.04. The number of aromatic nitrogens is 7. The van der Waals surface area contributed by atoms with Crippen LogP contribution in [0.4, 0.5) is 26.2 Å². The zero-order valence-electron chi connectivity index (χ0n) is 24.0. The predicted octanol–water partition coefficient (Wildman–Crippen LogP) is 4.36. The van der Waals surface area contributed by atoms with Crippen molar-refractivity contribution in [1.29, 1.82) is 0 Å². The third-order valence-electron chi connectivity index (χ3n) is 7.57. The van der Waals surface area contributed by atoms with Crippen molar-refractivity contribution in [3.05, 3.63) is 66.1 Å². The van der Waals surface area contributed by atoms with Crippen LogP contribution in [0.5, 0.6) is 11.5 Å². The first kappa shape index (κ1) is 27.9. The molecule has 1 atom stereocenters. The lowest BCUT2D eigenvalue weighted by Crippen LogP contribution is -2.54. The number of anilines is 3. The fraction of sp³-hybridized carbons (Fsp3) is 0.276. The molecule has 14 heteroatoms. The van der Waals surface area contributed by atoms with E-state index in [0.717, 1.165) is 0 Å². The van der Waals surface area contributed by atoms with Gasteiger partial charge in [0.2, 0.25) is 11.9 Å². The summed E-state index contributed by atoms with van der Waals surface area (Å²) in [5, 5.41) is 10.9. The number of piperazine rings is 1. The van der Waals surface area contributed by atoms with Crippen molar-refractivity contribution in [2.75, 3.05) is 29.9 Å². The van der Waals surface area contributed by atoms with Crippen LogP contribution < -0.4 is 15.0 Å². The number of fused-ring (bicyclic) bond motifs is 2. The highest BCUT2D eigenvalue weighted by atomic mass is 19.1. The van der Waals surface area contributed by atoms with E-state index in [0.29, 0.717) is 48.0 Å². The molecule has 12 nitrogen and oxygen atoms in total. The van der Waals surface area contributed by atoms with Gasteiger partial charge >= 0.3 is 0 Å². The second-order valence-corrected chi connectivity index (χ2v) is 10.3. The van der Waals surface area contributed by atoms with Crippen LogP contribution in [-0.2, 0) is 11.8 Å². The standard InChI is InChI=1S/C29H28F2N10O2/c1-6-23(42)41-10-9-40(13-15(41)2)29-32-12-20-26(36-29)28(34-14-33-20)35-18-7-8-21(16(3)24(18)30)43-22-11-19-27(25(31)17(22)4)39(5)38-37-19/h6-8,11-12,14-15H,1,9-10,13H2,2-5H3,(H,33,34,35)/t15-/m1/s1. The summed E-state index contributed by atoms with van der Waals surface area (Å²) >= 11 is 0. The summed E-state index contributed by atoms with van der Waals surface area (Å²) in [6, 6.07) is 4.61. The van der Waals surface area contributed by atoms with Gasteiger partial charge in [0.05, 0.1) is 11.9 Å². The second kappa shape index (κ2) is 10.9. The van der Waals surface area contributed by atoms with Gasteiger partial charge in [-0.3, -0.25) is 4.79 Å². The summed E-state index contributed by atoms with van der Waals surface area (Å²) in [6.45, 7) is 10.2. The van der Waals surface area contributed by atoms with Gasteiger partial charge < -0.3 is 19.9 Å². The monoisotopic (exact) mass is 586 g/mol. The highest BCUT2D eigenvalue weighted by Crippen LogP contribution is 2.36. The number of carbonyl (C=O) groups excluding carboxylic acids is 1. The molecule has 2 aromatic carbocycles. The number of aryl methyl sites for hydroxylation is 1. The molecule has 0 bridgehead atoms. The number of hydrogen-bond acceptors (Lipinski definition) is 10. The number of rotatable bonds is 6. The number of carbonyl (C=O) groups is 1. The Morgan fingerprint density at radius 3 is 2.65 bits per heavy atom. The van der Waals surface area contributed by atoms with Crippen LogP contribution in [0.3, 0.4) is 0 Å². The first-order valence-electron chi connectivity index (χ1n) is 13.5. The molecule has 6 rings (SSSR count). The smallest absolute Gasteiger partial charge is 0.246 e. The van der Waals surface area contributed by atoms with Crippen LogP contribution in [0.15, 0.2) is 43.4 Å². The average Bonchev–Trinajstić information content (AvgIpc) is 3.38. The summed E-state index contributed by atoms with van der Waals surface area (Å²) in [4.78, 5) is 33.6. The molecule has 43 heavy (non-hydrogen) atoms. The molecule has 0 aliphatic carbocycles. The van der Waals surface area contributed by atoms with Crippen molar-refractivity contribution < 1.29 is 18.3 Å². The summed E-state index contributed by atoms with van der Waals surface area (Å²) in [6.07, 6.45) is 4.25. The van der Waals surface area contributed by atoms with E-state index in [4.69, 9.17) is 9.72 Å². The van der Waals surface area contributed by atoms with Gasteiger partial charge in [-0.1, -0.05) is 11.8 Å². The molecule has 1 amide bonds. The SMILES string of the molecule is C=CC(=O)N1CCN(c2ncc3ncnc(Nc4ccc(Oc5cc6nnn(C)c6c(F)c5C)c(C)c4F)c3n2)C[C@H]1C. The van der Waals surface area contributed by atoms with Crippen LogP contribution in [0.1, 0.15) is 18.1 Å². The molecule has 5 aromatic rings. The number of benzene rings is 2. The normalized spacial score (nSPS) is 15.3. The fourth-order valence-electron chi connectivity index (χ4n) is 5.14. The Morgan fingerprint density at radius 1 is 1.09 bits per heavy atom. The van der Waals surface area contributed by atoms with Crippen molar-refractivity contribution in [2.45, 2.75) is 26.8 Å². The van der Waals surface area contributed by atoms with E-state index in [1.807, 2.05) is 11.8 Å². The van der Waals surface area contributed by atoms with Gasteiger partial charge in [0.25, 0.3) is 0 Å². The van der Waals surface area contributed by atoms with Crippen molar-refractivity contribution >= 4 is 45.4 Å². The molecule has 1 aliphatic rings. The highest BCUT2D eigenvalue weighted by molar-refractivity contribution is 5.88. The lowest BCUT2D eigenvalue weighted by molar-refractivity contribution is -0.128. The number of halogens is 2. The van der Waals surface area contributed by atoms with Gasteiger partial charge in [0.15, 0.2) is 17.5 Å². The van der Waals surface area contributed by atoms with E-state index in [2.05, 4.69) is 37.2 Å². The van der Waals surface area contributed by atoms with Crippen molar-refractivity contribution in [3.8, 4) is 11.5 Å². The van der Waals surface area contributed by atoms with Gasteiger partial charge in [-0.2, -0.15) is 0 Å². The summed E-state index contributed by atoms with van der Waals surface area (Å²) in [7, 11) is 1.60. The van der Waals surface area contributed by atoms with Crippen molar-refractivity contribution in [2.24, 2.45) is 7.05 Å². The topological polar surface area (TPSA) is 127 Å². The highest BCUT2D eigenvalue weighted by Gasteiger charge is 2.28. The first-order chi connectivity index (χ1) is 20.7. The molecule has 0 spiro atoms. The van der Waals surface area contributed by atoms with E-state index in [1.54, 1.807) is 44.1 Å². The summed E-state index contributed by atoms with van der Waals surface area (Å²) in [5.41, 5.74) is 2.08. The maximum absolute atomic E-state index is 15.7. The summed E-state index contributed by atoms with van der Waals surface area (Å²) in [5.74, 6) is -0.0258. The van der Waals surface area contributed by atoms with E-state index in [1.165, 1.54) is 23.2 Å². The molecule has 1 N–H and O–H groups in total. The molecule has 0 saturated carbocycles. The van der Waals surface area contributed by atoms with Crippen LogP contribution in [0.25, 0.3) is 22.1 Å². The molecule has 4 heterocycles. The van der Waals surface area contributed by atoms with E-state index >= 15 is 4.39 Å². The fourth-order valence-corrected chi connectivity index (χ4v) is 5.14. The largest absolute Gasteiger partial charge is 0.457 e. The average molecular weight is 587 g/mol. The molecular formula is C29H28F2N10O2. The zero-order chi connectivity index (χ0) is 30.4. The van der Waals surface area contributed by atoms with Crippen LogP contribution in [0, 0.1) is 25.5 Å². The van der Waals surface area contributed by atoms with Crippen LogP contribution >= 0.6 is 0 Å². The van der Waals surface area contributed by atoms with Gasteiger partial charge in [0, 0.05) is 49.9 Å². The minimum absolute atomic E-state index is 0.0659. The Morgan fingerprint density at radius 2 is 1.88 bits per heavy atom. The number of nitrogens with zero attached hydrogens (tertiary/aromatic N) is 9. The third-order valence-corrected chi connectivity index (χ3v) is 7.57. The number of nitrogens with one attached hydrogen (secondary N) is 1. The Labute approximate surface area is 245 Å². The zero-order valence-corrected chi connectivity index (χ0v) is 24.0. The van der Waals surface area contributed by atoms with Crippen molar-refractivity contribution in [3.63, 3.8) is 0 Å². The van der Waals surface area contributed by atoms with Crippen LogP contribution in [-0.4, -0.2) is 71.4 Å². The molecule has 0 radical (unpaired) electrons. The molecule has 1 aliphatic heterocycles. The lowest BCUT2D eigenvalue weighted by Gasteiger charge is -2.39. The maximum atomic E-state index is 15.7. The molecule has 0 unspecified atom stereocenters. The predicted molar refractivity (Wildman–Crippen MR) is 156 cm³/mol. The van der Waals surface area contributed by atoms with Gasteiger partial charge in [-0.05, 0) is 39.0 Å². The minimum atomic E-state index is -0.575. The van der Waals surface area contributed by atoms with Gasteiger partial charge in [-0.25, -0.2) is 33.4 Å². The summed E-state index contributed by atoms with van der Waals surface area (Å²) < 4.78 is 38.0. The quantitative estimate of drug-likeness (QED) is 0.287. The molecular weight excluding hydrogens is 558 g/mol. The minimum Gasteiger partial charge on any atom is -0.457 e. The first-order valence-corrected chi connectivity index (χ1v) is 13.5. The maximum Gasteiger partial charge on any atom is 0.246 e. The number of ether oxygens (including phenoxy) is 1. The number of amides is 1. The van der Waals surface area contributed by atoms with Gasteiger partial charge in [0.1, 0.15) is 39.9 Å². The Balaban J connectivity index is 1.27. The molecule has 1 fully saturated rings. The van der Waals surface area contributed by atoms with E-state index in [-0.39, 0.29) is 45.8 Å². The number of hydrogen-bond donors (Lipinski definition) is 1. The second-order valence-electron chi connectivity index (χ2n) is 10.3.